The Morgan fingerprint density at radius 1 is 1.19 bits per heavy atom. The molecule has 186 valence electrons. The zero-order valence-electron chi connectivity index (χ0n) is 20.4. The molecule has 0 bridgehead atoms. The van der Waals surface area contributed by atoms with Crippen LogP contribution >= 0.6 is 0 Å². The number of rotatable bonds is 8. The second kappa shape index (κ2) is 9.96. The molecule has 0 radical (unpaired) electrons. The highest BCUT2D eigenvalue weighted by Crippen LogP contribution is 2.41. The Labute approximate surface area is 214 Å². The highest BCUT2D eigenvalue weighted by molar-refractivity contribution is 6.03. The zero-order valence-corrected chi connectivity index (χ0v) is 20.4. The fourth-order valence-electron chi connectivity index (χ4n) is 4.46. The van der Waals surface area contributed by atoms with Crippen molar-refractivity contribution in [2.45, 2.75) is 38.2 Å². The van der Waals surface area contributed by atoms with Crippen LogP contribution in [-0.2, 0) is 5.60 Å². The van der Waals surface area contributed by atoms with Crippen LogP contribution in [0.1, 0.15) is 53.1 Å². The van der Waals surface area contributed by atoms with Crippen LogP contribution in [0.3, 0.4) is 0 Å². The van der Waals surface area contributed by atoms with Crippen molar-refractivity contribution < 1.29 is 14.3 Å². The van der Waals surface area contributed by atoms with Crippen molar-refractivity contribution in [2.75, 3.05) is 5.32 Å². The average Bonchev–Trinajstić information content (AvgIpc) is 3.67. The third kappa shape index (κ3) is 5.13. The smallest absolute Gasteiger partial charge is 0.274 e. The first-order chi connectivity index (χ1) is 17.9. The number of pyridine rings is 1. The lowest BCUT2D eigenvalue weighted by Crippen LogP contribution is -2.29. The van der Waals surface area contributed by atoms with Crippen molar-refractivity contribution >= 4 is 17.3 Å². The number of amides is 1. The summed E-state index contributed by atoms with van der Waals surface area (Å²) < 4.78 is 16.4. The summed E-state index contributed by atoms with van der Waals surface area (Å²) in [6, 6.07) is 18.0. The minimum atomic E-state index is -1.42. The summed E-state index contributed by atoms with van der Waals surface area (Å²) in [5.74, 6) is -0.607. The Bertz CT molecular complexity index is 1490. The van der Waals surface area contributed by atoms with Crippen molar-refractivity contribution in [1.82, 2.24) is 14.8 Å². The molecule has 2 N–H and O–H groups in total. The maximum Gasteiger partial charge on any atom is 0.274 e. The van der Waals surface area contributed by atoms with Crippen LogP contribution in [0, 0.1) is 25.2 Å². The average molecular weight is 496 g/mol. The number of aromatic nitrogens is 3. The second-order valence-corrected chi connectivity index (χ2v) is 9.42. The SMILES string of the molecule is [C-]#[N+]c1cccc(-n2nc(C)cc2C(=O)Nc2cc(C(O)(CCC3CC3)c3ccccn3)ccc2F)c1. The molecule has 4 aromatic rings. The third-order valence-corrected chi connectivity index (χ3v) is 6.66. The van der Waals surface area contributed by atoms with Gasteiger partial charge in [-0.25, -0.2) is 13.9 Å². The molecule has 1 amide bonds. The van der Waals surface area contributed by atoms with E-state index < -0.39 is 17.3 Å². The molecule has 1 saturated carbocycles. The highest BCUT2D eigenvalue weighted by Gasteiger charge is 2.36. The van der Waals surface area contributed by atoms with Gasteiger partial charge in [0, 0.05) is 6.20 Å². The van der Waals surface area contributed by atoms with E-state index in [-0.39, 0.29) is 11.4 Å². The number of nitrogens with zero attached hydrogens (tertiary/aromatic N) is 4. The number of carbonyl (C=O) groups excluding carboxylic acids is 1. The minimum Gasteiger partial charge on any atom is -0.379 e. The van der Waals surface area contributed by atoms with Crippen LogP contribution in [0.2, 0.25) is 0 Å². The van der Waals surface area contributed by atoms with Gasteiger partial charge in [-0.2, -0.15) is 5.10 Å². The molecule has 5 rings (SSSR count). The first kappa shape index (κ1) is 24.3. The summed E-state index contributed by atoms with van der Waals surface area (Å²) in [6.45, 7) is 9.01. The molecule has 2 aromatic carbocycles. The van der Waals surface area contributed by atoms with E-state index in [1.807, 2.05) is 6.07 Å². The first-order valence-corrected chi connectivity index (χ1v) is 12.2. The Balaban J connectivity index is 1.48. The Kier molecular flexibility index (Phi) is 6.55. The molecule has 2 aromatic heterocycles. The first-order valence-electron chi connectivity index (χ1n) is 12.2. The molecule has 0 spiro atoms. The fraction of sp³-hybridized carbons (Fsp3) is 0.241. The molecule has 37 heavy (non-hydrogen) atoms. The van der Waals surface area contributed by atoms with Crippen LogP contribution < -0.4 is 5.32 Å². The van der Waals surface area contributed by atoms with E-state index in [1.54, 1.807) is 55.6 Å². The molecule has 0 saturated heterocycles. The number of carbonyl (C=O) groups is 1. The van der Waals surface area contributed by atoms with Gasteiger partial charge in [0.15, 0.2) is 5.69 Å². The van der Waals surface area contributed by atoms with Crippen molar-refractivity contribution in [3.05, 3.63) is 113 Å². The van der Waals surface area contributed by atoms with Gasteiger partial charge in [-0.3, -0.25) is 9.78 Å². The number of hydrogen-bond acceptors (Lipinski definition) is 4. The van der Waals surface area contributed by atoms with Gasteiger partial charge in [-0.05, 0) is 73.7 Å². The molecule has 1 atom stereocenters. The van der Waals surface area contributed by atoms with Gasteiger partial charge in [0.1, 0.15) is 17.1 Å². The molecule has 0 aliphatic heterocycles. The maximum absolute atomic E-state index is 14.9. The number of nitrogens with one attached hydrogen (secondary N) is 1. The predicted molar refractivity (Wildman–Crippen MR) is 138 cm³/mol. The van der Waals surface area contributed by atoms with E-state index in [2.05, 4.69) is 20.2 Å². The van der Waals surface area contributed by atoms with Crippen molar-refractivity contribution in [1.29, 1.82) is 0 Å². The van der Waals surface area contributed by atoms with Crippen LogP contribution in [0.5, 0.6) is 0 Å². The summed E-state index contributed by atoms with van der Waals surface area (Å²) in [5.41, 5.74) is 1.21. The molecule has 1 aliphatic rings. The van der Waals surface area contributed by atoms with E-state index in [9.17, 15) is 14.3 Å². The maximum atomic E-state index is 14.9. The number of aryl methyl sites for hydroxylation is 1. The van der Waals surface area contributed by atoms with Crippen LogP contribution in [0.15, 0.2) is 72.9 Å². The number of halogens is 1. The van der Waals surface area contributed by atoms with Gasteiger partial charge in [0.2, 0.25) is 0 Å². The van der Waals surface area contributed by atoms with Crippen molar-refractivity contribution in [2.24, 2.45) is 5.92 Å². The molecule has 8 heteroatoms. The second-order valence-electron chi connectivity index (χ2n) is 9.42. The normalized spacial score (nSPS) is 14.5. The third-order valence-electron chi connectivity index (χ3n) is 6.66. The Hall–Kier alpha value is -4.35. The van der Waals surface area contributed by atoms with E-state index in [0.29, 0.717) is 40.7 Å². The molecule has 7 nitrogen and oxygen atoms in total. The lowest BCUT2D eigenvalue weighted by molar-refractivity contribution is 0.0624. The number of anilines is 1. The topological polar surface area (TPSA) is 84.4 Å². The lowest BCUT2D eigenvalue weighted by Gasteiger charge is -2.29. The van der Waals surface area contributed by atoms with Crippen LogP contribution in [0.4, 0.5) is 15.8 Å². The van der Waals surface area contributed by atoms with Crippen molar-refractivity contribution in [3.8, 4) is 5.69 Å². The molecule has 2 heterocycles. The van der Waals surface area contributed by atoms with Gasteiger partial charge in [0.05, 0.1) is 29.3 Å². The van der Waals surface area contributed by atoms with Gasteiger partial charge in [-0.15, -0.1) is 0 Å². The summed E-state index contributed by atoms with van der Waals surface area (Å²) in [7, 11) is 0. The molecule has 1 fully saturated rings. The summed E-state index contributed by atoms with van der Waals surface area (Å²) in [6.07, 6.45) is 5.19. The Morgan fingerprint density at radius 2 is 2.03 bits per heavy atom. The van der Waals surface area contributed by atoms with Crippen molar-refractivity contribution in [3.63, 3.8) is 0 Å². The van der Waals surface area contributed by atoms with Gasteiger partial charge in [-0.1, -0.05) is 37.1 Å². The molecule has 1 aliphatic carbocycles. The molecule has 1 unspecified atom stereocenters. The number of benzene rings is 2. The minimum absolute atomic E-state index is 0.0522. The standard InChI is InChI=1S/C29H26FN5O2/c1-19-16-26(35(34-19)23-7-5-6-22(18-23)31-2)28(36)33-25-17-21(11-12-24(25)30)29(37,14-13-20-9-10-20)27-8-3-4-15-32-27/h3-8,11-12,15-18,20,37H,9-10,13-14H2,1H3,(H,33,36). The quantitative estimate of drug-likeness (QED) is 0.296. The van der Waals surface area contributed by atoms with E-state index in [4.69, 9.17) is 6.57 Å². The summed E-state index contributed by atoms with van der Waals surface area (Å²) >= 11 is 0. The van der Waals surface area contributed by atoms with Gasteiger partial charge < -0.3 is 10.4 Å². The largest absolute Gasteiger partial charge is 0.379 e. The summed E-state index contributed by atoms with van der Waals surface area (Å²) in [5, 5.41) is 18.9. The highest BCUT2D eigenvalue weighted by atomic mass is 19.1. The predicted octanol–water partition coefficient (Wildman–Crippen LogP) is 5.94. The van der Waals surface area contributed by atoms with Crippen LogP contribution in [0.25, 0.3) is 10.5 Å². The van der Waals surface area contributed by atoms with E-state index in [1.165, 1.54) is 22.9 Å². The molecular formula is C29H26FN5O2. The number of hydrogen-bond donors (Lipinski definition) is 2. The van der Waals surface area contributed by atoms with Gasteiger partial charge in [0.25, 0.3) is 5.91 Å². The Morgan fingerprint density at radius 3 is 2.76 bits per heavy atom. The van der Waals surface area contributed by atoms with E-state index in [0.717, 1.165) is 19.3 Å². The van der Waals surface area contributed by atoms with E-state index >= 15 is 0 Å². The number of aliphatic hydroxyl groups is 1. The monoisotopic (exact) mass is 495 g/mol. The van der Waals surface area contributed by atoms with Gasteiger partial charge >= 0.3 is 0 Å². The fourth-order valence-corrected chi connectivity index (χ4v) is 4.46. The van der Waals surface area contributed by atoms with Crippen LogP contribution in [-0.4, -0.2) is 25.8 Å². The molecular weight excluding hydrogens is 469 g/mol. The summed E-state index contributed by atoms with van der Waals surface area (Å²) in [4.78, 5) is 21.1. The lowest BCUT2D eigenvalue weighted by atomic mass is 9.84. The zero-order chi connectivity index (χ0) is 26.0.